The fourth-order valence-corrected chi connectivity index (χ4v) is 3.06. The van der Waals surface area contributed by atoms with Crippen molar-refractivity contribution in [1.82, 2.24) is 15.6 Å². The highest BCUT2D eigenvalue weighted by Gasteiger charge is 2.21. The van der Waals surface area contributed by atoms with Crippen molar-refractivity contribution < 1.29 is 14.4 Å². The summed E-state index contributed by atoms with van der Waals surface area (Å²) in [5.41, 5.74) is 1.30. The maximum Gasteiger partial charge on any atom is 0.313 e. The third-order valence-corrected chi connectivity index (χ3v) is 4.47. The van der Waals surface area contributed by atoms with E-state index in [2.05, 4.69) is 20.9 Å². The number of amides is 3. The number of benzene rings is 1. The van der Waals surface area contributed by atoms with Gasteiger partial charge in [0.05, 0.1) is 23.5 Å². The van der Waals surface area contributed by atoms with Crippen LogP contribution in [0.3, 0.4) is 0 Å². The first-order valence-corrected chi connectivity index (χ1v) is 9.02. The molecule has 3 N–H and O–H groups in total. The molecule has 1 aromatic heterocycles. The molecule has 7 heteroatoms. The molecule has 0 spiro atoms. The Morgan fingerprint density at radius 3 is 2.44 bits per heavy atom. The normalized spacial score (nSPS) is 13.8. The summed E-state index contributed by atoms with van der Waals surface area (Å²) in [6, 6.07) is 12.1. The van der Waals surface area contributed by atoms with Crippen LogP contribution in [0, 0.1) is 0 Å². The van der Waals surface area contributed by atoms with Gasteiger partial charge in [0.15, 0.2) is 0 Å². The highest BCUT2D eigenvalue weighted by Crippen LogP contribution is 2.20. The average molecular weight is 366 g/mol. The number of nitrogens with one attached hydrogen (secondary N) is 3. The maximum atomic E-state index is 12.5. The van der Waals surface area contributed by atoms with Crippen molar-refractivity contribution >= 4 is 23.4 Å². The molecule has 0 unspecified atom stereocenters. The molecule has 0 atom stereocenters. The summed E-state index contributed by atoms with van der Waals surface area (Å²) < 4.78 is 0. The van der Waals surface area contributed by atoms with Gasteiger partial charge in [0, 0.05) is 12.2 Å². The molecule has 0 saturated heterocycles. The molecular weight excluding hydrogens is 344 g/mol. The van der Waals surface area contributed by atoms with Crippen LogP contribution in [0.5, 0.6) is 0 Å². The Morgan fingerprint density at radius 1 is 0.963 bits per heavy atom. The lowest BCUT2D eigenvalue weighted by Gasteiger charge is -2.15. The first-order valence-electron chi connectivity index (χ1n) is 9.02. The van der Waals surface area contributed by atoms with Crippen molar-refractivity contribution in [3.8, 4) is 0 Å². The molecule has 1 saturated carbocycles. The molecule has 1 aliphatic carbocycles. The fraction of sp³-hybridized carbons (Fsp3) is 0.300. The van der Waals surface area contributed by atoms with Crippen LogP contribution in [-0.2, 0) is 16.1 Å². The lowest BCUT2D eigenvalue weighted by atomic mass is 10.1. The van der Waals surface area contributed by atoms with Gasteiger partial charge in [-0.05, 0) is 37.1 Å². The van der Waals surface area contributed by atoms with Gasteiger partial charge in [-0.2, -0.15) is 0 Å². The standard InChI is InChI=1S/C20H22N4O3/c25-18(23-14-7-1-2-8-14)16-10-3-4-11-17(16)24-20(27)19(26)22-13-15-9-5-6-12-21-15/h3-6,9-12,14H,1-2,7-8,13H2,(H,22,26)(H,23,25)(H,24,27). The van der Waals surface area contributed by atoms with E-state index in [1.54, 1.807) is 48.7 Å². The zero-order chi connectivity index (χ0) is 19.1. The second-order valence-electron chi connectivity index (χ2n) is 6.46. The number of carbonyl (C=O) groups is 3. The summed E-state index contributed by atoms with van der Waals surface area (Å²) in [4.78, 5) is 40.8. The summed E-state index contributed by atoms with van der Waals surface area (Å²) in [6.07, 6.45) is 5.77. The predicted octanol–water partition coefficient (Wildman–Crippen LogP) is 2.01. The van der Waals surface area contributed by atoms with Crippen LogP contribution in [-0.4, -0.2) is 28.7 Å². The third kappa shape index (κ3) is 5.13. The van der Waals surface area contributed by atoms with Crippen molar-refractivity contribution in [2.24, 2.45) is 0 Å². The van der Waals surface area contributed by atoms with Crippen LogP contribution in [0.1, 0.15) is 41.7 Å². The monoisotopic (exact) mass is 366 g/mol. The molecule has 0 bridgehead atoms. The third-order valence-electron chi connectivity index (χ3n) is 4.47. The van der Waals surface area contributed by atoms with E-state index in [9.17, 15) is 14.4 Å². The van der Waals surface area contributed by atoms with E-state index in [0.717, 1.165) is 25.7 Å². The molecule has 27 heavy (non-hydrogen) atoms. The Hall–Kier alpha value is -3.22. The van der Waals surface area contributed by atoms with Crippen LogP contribution in [0.2, 0.25) is 0 Å². The van der Waals surface area contributed by atoms with E-state index >= 15 is 0 Å². The van der Waals surface area contributed by atoms with E-state index in [4.69, 9.17) is 0 Å². The van der Waals surface area contributed by atoms with Crippen LogP contribution in [0.25, 0.3) is 0 Å². The number of aromatic nitrogens is 1. The lowest BCUT2D eigenvalue weighted by Crippen LogP contribution is -2.36. The molecule has 2 aromatic rings. The average Bonchev–Trinajstić information content (AvgIpc) is 3.20. The quantitative estimate of drug-likeness (QED) is 0.705. The summed E-state index contributed by atoms with van der Waals surface area (Å²) in [6.45, 7) is 0.150. The van der Waals surface area contributed by atoms with E-state index in [1.165, 1.54) is 0 Å². The lowest BCUT2D eigenvalue weighted by molar-refractivity contribution is -0.136. The van der Waals surface area contributed by atoms with E-state index < -0.39 is 11.8 Å². The number of hydrogen-bond donors (Lipinski definition) is 3. The van der Waals surface area contributed by atoms with Gasteiger partial charge in [-0.3, -0.25) is 19.4 Å². The molecule has 0 radical (unpaired) electrons. The molecule has 1 heterocycles. The smallest absolute Gasteiger partial charge is 0.313 e. The number of pyridine rings is 1. The van der Waals surface area contributed by atoms with Crippen LogP contribution in [0.4, 0.5) is 5.69 Å². The Morgan fingerprint density at radius 2 is 1.70 bits per heavy atom. The highest BCUT2D eigenvalue weighted by molar-refractivity contribution is 6.40. The Balaban J connectivity index is 1.60. The van der Waals surface area contributed by atoms with E-state index in [1.807, 2.05) is 0 Å². The number of para-hydroxylation sites is 1. The minimum absolute atomic E-state index is 0.150. The molecule has 1 aromatic carbocycles. The van der Waals surface area contributed by atoms with Gasteiger partial charge in [0.2, 0.25) is 0 Å². The Kier molecular flexibility index (Phi) is 6.14. The summed E-state index contributed by atoms with van der Waals surface area (Å²) in [5.74, 6) is -1.86. The second kappa shape index (κ2) is 8.93. The van der Waals surface area contributed by atoms with Crippen LogP contribution >= 0.6 is 0 Å². The van der Waals surface area contributed by atoms with Gasteiger partial charge >= 0.3 is 11.8 Å². The minimum atomic E-state index is -0.827. The summed E-state index contributed by atoms with van der Waals surface area (Å²) in [5, 5.41) is 8.02. The Bertz CT molecular complexity index is 817. The fourth-order valence-electron chi connectivity index (χ4n) is 3.06. The van der Waals surface area contributed by atoms with Gasteiger partial charge in [-0.15, -0.1) is 0 Å². The molecule has 1 fully saturated rings. The van der Waals surface area contributed by atoms with Crippen LogP contribution < -0.4 is 16.0 Å². The van der Waals surface area contributed by atoms with E-state index in [0.29, 0.717) is 16.9 Å². The predicted molar refractivity (Wildman–Crippen MR) is 101 cm³/mol. The highest BCUT2D eigenvalue weighted by atomic mass is 16.2. The number of nitrogens with zero attached hydrogens (tertiary/aromatic N) is 1. The number of rotatable bonds is 5. The zero-order valence-electron chi connectivity index (χ0n) is 14.9. The molecule has 1 aliphatic rings. The molecule has 3 amide bonds. The summed E-state index contributed by atoms with van der Waals surface area (Å²) >= 11 is 0. The van der Waals surface area contributed by atoms with Crippen molar-refractivity contribution in [3.05, 3.63) is 59.9 Å². The number of anilines is 1. The maximum absolute atomic E-state index is 12.5. The zero-order valence-corrected chi connectivity index (χ0v) is 14.9. The first-order chi connectivity index (χ1) is 13.1. The van der Waals surface area contributed by atoms with Crippen molar-refractivity contribution in [2.75, 3.05) is 5.32 Å². The minimum Gasteiger partial charge on any atom is -0.349 e. The second-order valence-corrected chi connectivity index (χ2v) is 6.46. The van der Waals surface area contributed by atoms with Crippen molar-refractivity contribution in [2.45, 2.75) is 38.3 Å². The van der Waals surface area contributed by atoms with Gasteiger partial charge in [0.1, 0.15) is 0 Å². The van der Waals surface area contributed by atoms with Gasteiger partial charge < -0.3 is 16.0 Å². The molecule has 0 aliphatic heterocycles. The van der Waals surface area contributed by atoms with Crippen LogP contribution in [0.15, 0.2) is 48.7 Å². The topological polar surface area (TPSA) is 100 Å². The summed E-state index contributed by atoms with van der Waals surface area (Å²) in [7, 11) is 0. The molecule has 7 nitrogen and oxygen atoms in total. The van der Waals surface area contributed by atoms with Gasteiger partial charge in [-0.25, -0.2) is 0 Å². The van der Waals surface area contributed by atoms with E-state index in [-0.39, 0.29) is 18.5 Å². The Labute approximate surface area is 157 Å². The van der Waals surface area contributed by atoms with Crippen molar-refractivity contribution in [3.63, 3.8) is 0 Å². The number of carbonyl (C=O) groups excluding carboxylic acids is 3. The first kappa shape index (κ1) is 18.6. The molecule has 3 rings (SSSR count). The van der Waals surface area contributed by atoms with Crippen molar-refractivity contribution in [1.29, 1.82) is 0 Å². The SMILES string of the molecule is O=C(NCc1ccccn1)C(=O)Nc1ccccc1C(=O)NC1CCCC1. The number of hydrogen-bond acceptors (Lipinski definition) is 4. The molecule has 140 valence electrons. The molecular formula is C20H22N4O3. The largest absolute Gasteiger partial charge is 0.349 e. The van der Waals surface area contributed by atoms with Gasteiger partial charge in [-0.1, -0.05) is 31.0 Å². The van der Waals surface area contributed by atoms with Gasteiger partial charge in [0.25, 0.3) is 5.91 Å².